The minimum atomic E-state index is -3.56. The summed E-state index contributed by atoms with van der Waals surface area (Å²) >= 11 is 5.63. The van der Waals surface area contributed by atoms with Crippen molar-refractivity contribution in [1.29, 1.82) is 0 Å². The first-order valence-electron chi connectivity index (χ1n) is 5.64. The topological polar surface area (TPSA) is 59.1 Å². The molecule has 19 heavy (non-hydrogen) atoms. The van der Waals surface area contributed by atoms with Gasteiger partial charge in [0, 0.05) is 12.7 Å². The van der Waals surface area contributed by atoms with Crippen LogP contribution >= 0.6 is 11.6 Å². The molecule has 1 aromatic carbocycles. The van der Waals surface area contributed by atoms with E-state index in [0.717, 1.165) is 11.1 Å². The monoisotopic (exact) mass is 296 g/mol. The molecule has 0 atom stereocenters. The highest BCUT2D eigenvalue weighted by Gasteiger charge is 2.13. The van der Waals surface area contributed by atoms with Gasteiger partial charge in [-0.3, -0.25) is 0 Å². The van der Waals surface area contributed by atoms with Crippen molar-refractivity contribution in [1.82, 2.24) is 9.71 Å². The van der Waals surface area contributed by atoms with Crippen molar-refractivity contribution in [3.63, 3.8) is 0 Å². The van der Waals surface area contributed by atoms with Crippen molar-refractivity contribution in [2.75, 3.05) is 0 Å². The number of nitrogens with zero attached hydrogens (tertiary/aromatic N) is 1. The molecule has 0 spiro atoms. The Hall–Kier alpha value is -1.43. The van der Waals surface area contributed by atoms with Crippen LogP contribution in [0.3, 0.4) is 0 Å². The molecule has 0 fully saturated rings. The highest BCUT2D eigenvalue weighted by molar-refractivity contribution is 7.89. The van der Waals surface area contributed by atoms with E-state index in [0.29, 0.717) is 0 Å². The average Bonchev–Trinajstić information content (AvgIpc) is 2.37. The lowest BCUT2D eigenvalue weighted by molar-refractivity contribution is 0.581. The fourth-order valence-corrected chi connectivity index (χ4v) is 2.68. The number of rotatable bonds is 4. The van der Waals surface area contributed by atoms with Crippen LogP contribution in [0.2, 0.25) is 5.15 Å². The number of nitrogens with one attached hydrogen (secondary N) is 1. The molecule has 0 unspecified atom stereocenters. The fraction of sp³-hybridized carbons (Fsp3) is 0.154. The van der Waals surface area contributed by atoms with Crippen LogP contribution in [-0.4, -0.2) is 13.4 Å². The maximum absolute atomic E-state index is 12.0. The number of sulfonamides is 1. The number of pyridine rings is 1. The van der Waals surface area contributed by atoms with Gasteiger partial charge >= 0.3 is 0 Å². The van der Waals surface area contributed by atoms with Gasteiger partial charge < -0.3 is 0 Å². The van der Waals surface area contributed by atoms with Crippen LogP contribution in [0.25, 0.3) is 0 Å². The van der Waals surface area contributed by atoms with Crippen LogP contribution in [-0.2, 0) is 16.6 Å². The van der Waals surface area contributed by atoms with Gasteiger partial charge in [-0.1, -0.05) is 41.4 Å². The number of benzene rings is 1. The van der Waals surface area contributed by atoms with Gasteiger partial charge in [-0.2, -0.15) is 0 Å². The lowest BCUT2D eigenvalue weighted by Crippen LogP contribution is -2.23. The van der Waals surface area contributed by atoms with Gasteiger partial charge in [-0.15, -0.1) is 0 Å². The Morgan fingerprint density at radius 2 is 2.05 bits per heavy atom. The summed E-state index contributed by atoms with van der Waals surface area (Å²) < 4.78 is 26.5. The average molecular weight is 297 g/mol. The molecule has 0 radical (unpaired) electrons. The summed E-state index contributed by atoms with van der Waals surface area (Å²) in [5.74, 6) is 0. The Bertz CT molecular complexity index is 669. The standard InChI is InChI=1S/C13H13ClN2O2S/c1-10-3-2-4-11(7-10)8-16-19(17,18)12-5-6-13(14)15-9-12/h2-7,9,16H,8H2,1H3. The van der Waals surface area contributed by atoms with Gasteiger partial charge in [0.25, 0.3) is 0 Å². The number of aromatic nitrogens is 1. The molecule has 6 heteroatoms. The van der Waals surface area contributed by atoms with E-state index in [9.17, 15) is 8.42 Å². The van der Waals surface area contributed by atoms with Gasteiger partial charge in [-0.25, -0.2) is 18.1 Å². The van der Waals surface area contributed by atoms with Crippen molar-refractivity contribution < 1.29 is 8.42 Å². The van der Waals surface area contributed by atoms with Crippen molar-refractivity contribution >= 4 is 21.6 Å². The molecule has 0 saturated carbocycles. The van der Waals surface area contributed by atoms with Crippen LogP contribution in [0, 0.1) is 6.92 Å². The molecule has 1 aromatic heterocycles. The molecule has 0 aliphatic rings. The van der Waals surface area contributed by atoms with Gasteiger partial charge in [0.05, 0.1) is 0 Å². The van der Waals surface area contributed by atoms with Crippen LogP contribution in [0.5, 0.6) is 0 Å². The summed E-state index contributed by atoms with van der Waals surface area (Å²) in [5, 5.41) is 0.262. The third-order valence-electron chi connectivity index (χ3n) is 2.56. The zero-order valence-corrected chi connectivity index (χ0v) is 11.9. The molecule has 100 valence electrons. The Labute approximate surface area is 117 Å². The third kappa shape index (κ3) is 3.76. The first kappa shape index (κ1) is 14.0. The number of hydrogen-bond donors (Lipinski definition) is 1. The molecule has 2 aromatic rings. The summed E-state index contributed by atoms with van der Waals surface area (Å²) in [5.41, 5.74) is 2.00. The third-order valence-corrected chi connectivity index (χ3v) is 4.17. The van der Waals surface area contributed by atoms with E-state index in [2.05, 4.69) is 9.71 Å². The van der Waals surface area contributed by atoms with Gasteiger partial charge in [0.2, 0.25) is 10.0 Å². The highest BCUT2D eigenvalue weighted by Crippen LogP contribution is 2.11. The molecule has 0 aliphatic carbocycles. The zero-order chi connectivity index (χ0) is 13.9. The summed E-state index contributed by atoms with van der Waals surface area (Å²) in [6.07, 6.45) is 1.24. The van der Waals surface area contributed by atoms with E-state index in [1.54, 1.807) is 0 Å². The second-order valence-electron chi connectivity index (χ2n) is 4.13. The van der Waals surface area contributed by atoms with Crippen LogP contribution in [0.1, 0.15) is 11.1 Å². The lowest BCUT2D eigenvalue weighted by Gasteiger charge is -2.07. The van der Waals surface area contributed by atoms with Crippen molar-refractivity contribution in [3.05, 3.63) is 58.9 Å². The minimum absolute atomic E-state index is 0.101. The van der Waals surface area contributed by atoms with Crippen molar-refractivity contribution in [2.24, 2.45) is 0 Å². The molecule has 4 nitrogen and oxygen atoms in total. The van der Waals surface area contributed by atoms with Crippen molar-refractivity contribution in [2.45, 2.75) is 18.4 Å². The number of hydrogen-bond acceptors (Lipinski definition) is 3. The molecule has 1 N–H and O–H groups in total. The largest absolute Gasteiger partial charge is 0.243 e. The number of halogens is 1. The van der Waals surface area contributed by atoms with E-state index in [1.807, 2.05) is 31.2 Å². The van der Waals surface area contributed by atoms with Crippen LogP contribution in [0.4, 0.5) is 0 Å². The Balaban J connectivity index is 2.12. The molecular weight excluding hydrogens is 284 g/mol. The van der Waals surface area contributed by atoms with Crippen LogP contribution in [0.15, 0.2) is 47.5 Å². The second kappa shape index (κ2) is 5.69. The number of aryl methyl sites for hydroxylation is 1. The predicted molar refractivity (Wildman–Crippen MR) is 74.5 cm³/mol. The molecule has 1 heterocycles. The Morgan fingerprint density at radius 1 is 1.26 bits per heavy atom. The summed E-state index contributed by atoms with van der Waals surface area (Å²) in [7, 11) is -3.56. The second-order valence-corrected chi connectivity index (χ2v) is 6.28. The SMILES string of the molecule is Cc1cccc(CNS(=O)(=O)c2ccc(Cl)nc2)c1. The maximum Gasteiger partial charge on any atom is 0.242 e. The smallest absolute Gasteiger partial charge is 0.242 e. The Kier molecular flexibility index (Phi) is 4.19. The quantitative estimate of drug-likeness (QED) is 0.882. The van der Waals surface area contributed by atoms with Crippen LogP contribution < -0.4 is 4.72 Å². The van der Waals surface area contributed by atoms with E-state index in [1.165, 1.54) is 18.3 Å². The molecule has 0 saturated heterocycles. The highest BCUT2D eigenvalue weighted by atomic mass is 35.5. The van der Waals surface area contributed by atoms with Gasteiger partial charge in [-0.05, 0) is 24.6 Å². The first-order valence-corrected chi connectivity index (χ1v) is 7.50. The minimum Gasteiger partial charge on any atom is -0.243 e. The summed E-state index contributed by atoms with van der Waals surface area (Å²) in [6, 6.07) is 10.5. The molecule has 0 amide bonds. The lowest BCUT2D eigenvalue weighted by atomic mass is 10.1. The van der Waals surface area contributed by atoms with E-state index in [4.69, 9.17) is 11.6 Å². The van der Waals surface area contributed by atoms with E-state index >= 15 is 0 Å². The fourth-order valence-electron chi connectivity index (χ4n) is 1.60. The summed E-state index contributed by atoms with van der Waals surface area (Å²) in [4.78, 5) is 3.86. The predicted octanol–water partition coefficient (Wildman–Crippen LogP) is 2.52. The zero-order valence-electron chi connectivity index (χ0n) is 10.3. The summed E-state index contributed by atoms with van der Waals surface area (Å²) in [6.45, 7) is 2.20. The molecule has 0 aliphatic heterocycles. The van der Waals surface area contributed by atoms with Crippen molar-refractivity contribution in [3.8, 4) is 0 Å². The normalized spacial score (nSPS) is 11.5. The van der Waals surface area contributed by atoms with Gasteiger partial charge in [0.1, 0.15) is 10.0 Å². The first-order chi connectivity index (χ1) is 8.97. The Morgan fingerprint density at radius 3 is 2.68 bits per heavy atom. The molecule has 2 rings (SSSR count). The molecular formula is C13H13ClN2O2S. The van der Waals surface area contributed by atoms with E-state index < -0.39 is 10.0 Å². The van der Waals surface area contributed by atoms with E-state index in [-0.39, 0.29) is 16.6 Å². The van der Waals surface area contributed by atoms with Gasteiger partial charge in [0.15, 0.2) is 0 Å². The molecule has 0 bridgehead atoms. The maximum atomic E-state index is 12.0.